The molecule has 26 heavy (non-hydrogen) atoms. The van der Waals surface area contributed by atoms with E-state index in [1.165, 1.54) is 31.4 Å². The van der Waals surface area contributed by atoms with Crippen LogP contribution in [0.5, 0.6) is 0 Å². The van der Waals surface area contributed by atoms with Crippen molar-refractivity contribution in [3.8, 4) is 0 Å². The van der Waals surface area contributed by atoms with Gasteiger partial charge in [-0.2, -0.15) is 13.2 Å². The van der Waals surface area contributed by atoms with Crippen molar-refractivity contribution in [3.63, 3.8) is 0 Å². The number of urea groups is 1. The zero-order chi connectivity index (χ0) is 19.2. The summed E-state index contributed by atoms with van der Waals surface area (Å²) < 4.78 is 37.6. The molecule has 1 aromatic rings. The van der Waals surface area contributed by atoms with Crippen LogP contribution in [0.2, 0.25) is 0 Å². The molecule has 0 bridgehead atoms. The Hall–Kier alpha value is -1.76. The normalized spacial score (nSPS) is 16.3. The van der Waals surface area contributed by atoms with Gasteiger partial charge in [-0.05, 0) is 63.9 Å². The maximum Gasteiger partial charge on any atom is 0.416 e. The van der Waals surface area contributed by atoms with E-state index in [0.29, 0.717) is 19.5 Å². The molecule has 146 valence electrons. The lowest BCUT2D eigenvalue weighted by Gasteiger charge is -2.41. The van der Waals surface area contributed by atoms with Crippen molar-refractivity contribution in [1.82, 2.24) is 15.5 Å². The molecule has 0 atom stereocenters. The van der Waals surface area contributed by atoms with Crippen LogP contribution in [-0.4, -0.2) is 42.6 Å². The topological polar surface area (TPSA) is 44.4 Å². The lowest BCUT2D eigenvalue weighted by molar-refractivity contribution is -0.137. The Morgan fingerprint density at radius 1 is 1.04 bits per heavy atom. The minimum Gasteiger partial charge on any atom is -0.338 e. The SMILES string of the molecule is CC(C)(CNC(=O)NCCc1ccc(C(F)(F)F)cc1)N1CCCCC1. The summed E-state index contributed by atoms with van der Waals surface area (Å²) in [6.07, 6.45) is -0.172. The zero-order valence-electron chi connectivity index (χ0n) is 15.5. The zero-order valence-corrected chi connectivity index (χ0v) is 15.5. The van der Waals surface area contributed by atoms with Crippen molar-refractivity contribution in [1.29, 1.82) is 0 Å². The molecule has 7 heteroatoms. The molecule has 2 amide bonds. The number of alkyl halides is 3. The van der Waals surface area contributed by atoms with Crippen LogP contribution >= 0.6 is 0 Å². The fourth-order valence-corrected chi connectivity index (χ4v) is 3.15. The van der Waals surface area contributed by atoms with Crippen LogP contribution in [0.4, 0.5) is 18.0 Å². The number of benzene rings is 1. The van der Waals surface area contributed by atoms with E-state index in [1.807, 2.05) is 0 Å². The minimum atomic E-state index is -4.32. The average Bonchev–Trinajstić information content (AvgIpc) is 2.60. The largest absolute Gasteiger partial charge is 0.416 e. The van der Waals surface area contributed by atoms with Gasteiger partial charge in [0.25, 0.3) is 0 Å². The molecule has 4 nitrogen and oxygen atoms in total. The van der Waals surface area contributed by atoms with Gasteiger partial charge in [-0.3, -0.25) is 4.90 Å². The summed E-state index contributed by atoms with van der Waals surface area (Å²) in [7, 11) is 0. The van der Waals surface area contributed by atoms with E-state index in [9.17, 15) is 18.0 Å². The summed E-state index contributed by atoms with van der Waals surface area (Å²) in [5.41, 5.74) is 0.00407. The molecule has 0 aliphatic carbocycles. The average molecular weight is 371 g/mol. The Kier molecular flexibility index (Phi) is 6.92. The van der Waals surface area contributed by atoms with Crippen molar-refractivity contribution in [2.75, 3.05) is 26.2 Å². The summed E-state index contributed by atoms with van der Waals surface area (Å²) in [6.45, 7) is 7.30. The van der Waals surface area contributed by atoms with E-state index in [1.54, 1.807) is 0 Å². The van der Waals surface area contributed by atoms with Crippen LogP contribution in [0.15, 0.2) is 24.3 Å². The third-order valence-electron chi connectivity index (χ3n) is 4.87. The summed E-state index contributed by atoms with van der Waals surface area (Å²) in [5.74, 6) is 0. The first-order valence-corrected chi connectivity index (χ1v) is 9.11. The molecule has 1 aliphatic heterocycles. The molecule has 2 N–H and O–H groups in total. The van der Waals surface area contributed by atoms with Gasteiger partial charge in [0.2, 0.25) is 0 Å². The number of nitrogens with one attached hydrogen (secondary N) is 2. The fraction of sp³-hybridized carbons (Fsp3) is 0.632. The molecule has 1 aromatic carbocycles. The molecule has 1 aliphatic rings. The molecule has 0 radical (unpaired) electrons. The van der Waals surface area contributed by atoms with E-state index in [-0.39, 0.29) is 11.6 Å². The third kappa shape index (κ3) is 6.20. The minimum absolute atomic E-state index is 0.0921. The Morgan fingerprint density at radius 2 is 1.65 bits per heavy atom. The first kappa shape index (κ1) is 20.6. The van der Waals surface area contributed by atoms with Crippen LogP contribution in [0.1, 0.15) is 44.2 Å². The number of carbonyl (C=O) groups excluding carboxylic acids is 1. The predicted octanol–water partition coefficient (Wildman–Crippen LogP) is 3.81. The maximum absolute atomic E-state index is 12.5. The highest BCUT2D eigenvalue weighted by atomic mass is 19.4. The molecule has 1 fully saturated rings. The van der Waals surface area contributed by atoms with Gasteiger partial charge < -0.3 is 10.6 Å². The fourth-order valence-electron chi connectivity index (χ4n) is 3.15. The molecule has 1 heterocycles. The van der Waals surface area contributed by atoms with Crippen molar-refractivity contribution in [2.45, 2.75) is 51.2 Å². The van der Waals surface area contributed by atoms with Gasteiger partial charge in [0.15, 0.2) is 0 Å². The van der Waals surface area contributed by atoms with Crippen LogP contribution < -0.4 is 10.6 Å². The summed E-state index contributed by atoms with van der Waals surface area (Å²) in [5, 5.41) is 5.66. The second-order valence-corrected chi connectivity index (χ2v) is 7.41. The second-order valence-electron chi connectivity index (χ2n) is 7.41. The monoisotopic (exact) mass is 371 g/mol. The van der Waals surface area contributed by atoms with Crippen molar-refractivity contribution < 1.29 is 18.0 Å². The van der Waals surface area contributed by atoms with Crippen LogP contribution in [0.25, 0.3) is 0 Å². The number of piperidine rings is 1. The molecule has 0 unspecified atom stereocenters. The smallest absolute Gasteiger partial charge is 0.338 e. The van der Waals surface area contributed by atoms with E-state index < -0.39 is 11.7 Å². The number of rotatable bonds is 6. The highest BCUT2D eigenvalue weighted by Gasteiger charge is 2.30. The molecule has 1 saturated heterocycles. The van der Waals surface area contributed by atoms with E-state index in [0.717, 1.165) is 30.8 Å². The Balaban J connectivity index is 1.70. The van der Waals surface area contributed by atoms with Gasteiger partial charge in [-0.25, -0.2) is 4.79 Å². The number of hydrogen-bond acceptors (Lipinski definition) is 2. The van der Waals surface area contributed by atoms with E-state index >= 15 is 0 Å². The lowest BCUT2D eigenvalue weighted by Crippen LogP contribution is -2.54. The maximum atomic E-state index is 12.5. The highest BCUT2D eigenvalue weighted by molar-refractivity contribution is 5.73. The van der Waals surface area contributed by atoms with Gasteiger partial charge in [0, 0.05) is 18.6 Å². The second kappa shape index (κ2) is 8.75. The van der Waals surface area contributed by atoms with Crippen LogP contribution in [0.3, 0.4) is 0 Å². The molecule has 0 spiro atoms. The summed E-state index contributed by atoms with van der Waals surface area (Å²) >= 11 is 0. The van der Waals surface area contributed by atoms with Crippen molar-refractivity contribution in [3.05, 3.63) is 35.4 Å². The molecule has 2 rings (SSSR count). The van der Waals surface area contributed by atoms with Crippen LogP contribution in [-0.2, 0) is 12.6 Å². The summed E-state index contributed by atoms with van der Waals surface area (Å²) in [4.78, 5) is 14.4. The number of hydrogen-bond donors (Lipinski definition) is 2. The molecule has 0 aromatic heterocycles. The Bertz CT molecular complexity index is 579. The predicted molar refractivity (Wildman–Crippen MR) is 96.1 cm³/mol. The number of carbonyl (C=O) groups is 1. The molecule has 0 saturated carbocycles. The Labute approximate surface area is 153 Å². The van der Waals surface area contributed by atoms with Gasteiger partial charge in [0.1, 0.15) is 0 Å². The third-order valence-corrected chi connectivity index (χ3v) is 4.87. The summed E-state index contributed by atoms with van der Waals surface area (Å²) in [6, 6.07) is 4.78. The van der Waals surface area contributed by atoms with Gasteiger partial charge in [0.05, 0.1) is 5.56 Å². The van der Waals surface area contributed by atoms with Gasteiger partial charge in [-0.1, -0.05) is 18.6 Å². The molecular formula is C19H28F3N3O. The van der Waals surface area contributed by atoms with Crippen molar-refractivity contribution >= 4 is 6.03 Å². The quantitative estimate of drug-likeness (QED) is 0.799. The van der Waals surface area contributed by atoms with Gasteiger partial charge >= 0.3 is 12.2 Å². The first-order chi connectivity index (χ1) is 12.2. The molecular weight excluding hydrogens is 343 g/mol. The number of nitrogens with zero attached hydrogens (tertiary/aromatic N) is 1. The van der Waals surface area contributed by atoms with Crippen molar-refractivity contribution in [2.24, 2.45) is 0 Å². The highest BCUT2D eigenvalue weighted by Crippen LogP contribution is 2.29. The van der Waals surface area contributed by atoms with E-state index in [4.69, 9.17) is 0 Å². The number of amides is 2. The Morgan fingerprint density at radius 3 is 2.23 bits per heavy atom. The number of halogens is 3. The number of likely N-dealkylation sites (tertiary alicyclic amines) is 1. The standard InChI is InChI=1S/C19H28F3N3O/c1-18(2,25-12-4-3-5-13-25)14-24-17(26)23-11-10-15-6-8-16(9-7-15)19(20,21)22/h6-9H,3-5,10-14H2,1-2H3,(H2,23,24,26). The first-order valence-electron chi connectivity index (χ1n) is 9.11. The van der Waals surface area contributed by atoms with Gasteiger partial charge in [-0.15, -0.1) is 0 Å². The van der Waals surface area contributed by atoms with E-state index in [2.05, 4.69) is 29.4 Å². The lowest BCUT2D eigenvalue weighted by atomic mass is 9.98. The van der Waals surface area contributed by atoms with Crippen LogP contribution in [0, 0.1) is 0 Å².